The first-order valence-corrected chi connectivity index (χ1v) is 12.2. The zero-order chi connectivity index (χ0) is 23.4. The van der Waals surface area contributed by atoms with Crippen LogP contribution >= 0.6 is 22.9 Å². The van der Waals surface area contributed by atoms with Crippen molar-refractivity contribution in [3.05, 3.63) is 91.3 Å². The number of hydrogen-bond donors (Lipinski definition) is 1. The summed E-state index contributed by atoms with van der Waals surface area (Å²) in [6.45, 7) is 3.78. The van der Waals surface area contributed by atoms with Gasteiger partial charge >= 0.3 is 0 Å². The van der Waals surface area contributed by atoms with Crippen LogP contribution in [0, 0.1) is 18.8 Å². The highest BCUT2D eigenvalue weighted by atomic mass is 35.5. The molecule has 0 radical (unpaired) electrons. The average molecular weight is 490 g/mol. The van der Waals surface area contributed by atoms with Crippen LogP contribution in [0.5, 0.6) is 0 Å². The summed E-state index contributed by atoms with van der Waals surface area (Å²) >= 11 is 7.65. The molecule has 6 rings (SSSR count). The Morgan fingerprint density at radius 1 is 1.21 bits per heavy atom. The third-order valence-electron chi connectivity index (χ3n) is 6.38. The third-order valence-corrected chi connectivity index (χ3v) is 7.72. The van der Waals surface area contributed by atoms with Crippen molar-refractivity contribution in [1.29, 1.82) is 0 Å². The molecule has 1 saturated carbocycles. The summed E-state index contributed by atoms with van der Waals surface area (Å²) < 4.78 is 6.02. The predicted molar refractivity (Wildman–Crippen MR) is 132 cm³/mol. The van der Waals surface area contributed by atoms with Crippen LogP contribution < -0.4 is 0 Å². The number of hydrogen-bond acceptors (Lipinski definition) is 7. The molecule has 4 aromatic heterocycles. The second-order valence-corrected chi connectivity index (χ2v) is 10.4. The lowest BCUT2D eigenvalue weighted by Crippen LogP contribution is -2.27. The molecule has 170 valence electrons. The maximum Gasteiger partial charge on any atom is 0.205 e. The number of aromatic nitrogens is 4. The summed E-state index contributed by atoms with van der Waals surface area (Å²) in [5, 5.41) is 7.91. The van der Waals surface area contributed by atoms with Gasteiger partial charge in [-0.3, -0.25) is 4.98 Å². The number of fused-ring (bicyclic) bond motifs is 1. The van der Waals surface area contributed by atoms with Crippen LogP contribution in [-0.4, -0.2) is 20.1 Å². The van der Waals surface area contributed by atoms with E-state index in [9.17, 15) is 4.91 Å². The number of thiophene rings is 1. The van der Waals surface area contributed by atoms with Crippen molar-refractivity contribution in [1.82, 2.24) is 20.1 Å². The summed E-state index contributed by atoms with van der Waals surface area (Å²) in [5.41, 5.74) is 3.79. The first kappa shape index (κ1) is 21.2. The van der Waals surface area contributed by atoms with Crippen molar-refractivity contribution in [3.8, 4) is 11.1 Å². The highest BCUT2D eigenvalue weighted by Crippen LogP contribution is 2.48. The normalized spacial score (nSPS) is 15.5. The fraction of sp³-hybridized carbons (Fsp3) is 0.240. The number of benzene rings is 1. The molecule has 1 unspecified atom stereocenters. The molecule has 0 bridgehead atoms. The first-order chi connectivity index (χ1) is 16.5. The monoisotopic (exact) mass is 489 g/mol. The Hall–Kier alpha value is -3.36. The number of nitrogens with zero attached hydrogens (tertiary/aromatic N) is 4. The number of H-pyrrole nitrogens is 1. The Morgan fingerprint density at radius 2 is 2.06 bits per heavy atom. The van der Waals surface area contributed by atoms with Gasteiger partial charge in [0.25, 0.3) is 0 Å². The summed E-state index contributed by atoms with van der Waals surface area (Å²) in [6.07, 6.45) is 3.87. The molecule has 0 saturated heterocycles. The number of aromatic amines is 1. The number of imidazole rings is 1. The number of rotatable bonds is 6. The van der Waals surface area contributed by atoms with Crippen molar-refractivity contribution in [2.24, 2.45) is 5.18 Å². The highest BCUT2D eigenvalue weighted by Gasteiger charge is 2.44. The molecule has 1 aliphatic rings. The van der Waals surface area contributed by atoms with Gasteiger partial charge in [-0.1, -0.05) is 22.8 Å². The van der Waals surface area contributed by atoms with E-state index < -0.39 is 5.54 Å². The van der Waals surface area contributed by atoms with Gasteiger partial charge in [0.05, 0.1) is 26.8 Å². The number of aryl methyl sites for hydroxylation is 2. The molecule has 0 amide bonds. The van der Waals surface area contributed by atoms with Gasteiger partial charge in [-0.15, -0.1) is 16.2 Å². The molecule has 9 heteroatoms. The highest BCUT2D eigenvalue weighted by molar-refractivity contribution is 7.16. The second-order valence-electron chi connectivity index (χ2n) is 8.64. The molecule has 0 spiro atoms. The van der Waals surface area contributed by atoms with E-state index in [1.54, 1.807) is 12.3 Å². The fourth-order valence-electron chi connectivity index (χ4n) is 4.63. The van der Waals surface area contributed by atoms with E-state index in [-0.39, 0.29) is 0 Å². The van der Waals surface area contributed by atoms with E-state index in [4.69, 9.17) is 21.1 Å². The van der Waals surface area contributed by atoms with Crippen molar-refractivity contribution >= 4 is 34.0 Å². The number of pyridine rings is 1. The van der Waals surface area contributed by atoms with E-state index >= 15 is 0 Å². The number of nitrogens with one attached hydrogen (secondary N) is 1. The van der Waals surface area contributed by atoms with Crippen molar-refractivity contribution in [2.75, 3.05) is 0 Å². The van der Waals surface area contributed by atoms with E-state index in [0.717, 1.165) is 41.0 Å². The summed E-state index contributed by atoms with van der Waals surface area (Å²) in [5.74, 6) is 2.04. The maximum atomic E-state index is 13.0. The van der Waals surface area contributed by atoms with Crippen LogP contribution in [0.4, 0.5) is 0 Å². The zero-order valence-corrected chi connectivity index (χ0v) is 20.1. The van der Waals surface area contributed by atoms with Crippen molar-refractivity contribution in [3.63, 3.8) is 0 Å². The van der Waals surface area contributed by atoms with E-state index in [1.165, 1.54) is 11.3 Å². The Labute approximate surface area is 204 Å². The van der Waals surface area contributed by atoms with Crippen LogP contribution in [0.3, 0.4) is 0 Å². The topological polar surface area (TPSA) is 97.0 Å². The Kier molecular flexibility index (Phi) is 4.89. The zero-order valence-electron chi connectivity index (χ0n) is 18.5. The second kappa shape index (κ2) is 7.85. The third kappa shape index (κ3) is 3.20. The molecule has 1 aliphatic carbocycles. The number of nitroso groups, excluding NO2 is 1. The lowest BCUT2D eigenvalue weighted by atomic mass is 9.83. The van der Waals surface area contributed by atoms with Crippen LogP contribution in [0.1, 0.15) is 52.2 Å². The van der Waals surface area contributed by atoms with Gasteiger partial charge in [-0.05, 0) is 73.8 Å². The molecule has 1 aromatic carbocycles. The van der Waals surface area contributed by atoms with E-state index in [2.05, 4.69) is 20.3 Å². The molecule has 7 nitrogen and oxygen atoms in total. The van der Waals surface area contributed by atoms with Crippen LogP contribution in [-0.2, 0) is 5.54 Å². The average Bonchev–Trinajstić information content (AvgIpc) is 3.31. The summed E-state index contributed by atoms with van der Waals surface area (Å²) in [4.78, 5) is 26.7. The van der Waals surface area contributed by atoms with Crippen LogP contribution in [0.2, 0.25) is 4.34 Å². The van der Waals surface area contributed by atoms with Crippen LogP contribution in [0.15, 0.2) is 58.4 Å². The molecule has 1 atom stereocenters. The van der Waals surface area contributed by atoms with Gasteiger partial charge in [0, 0.05) is 28.1 Å². The van der Waals surface area contributed by atoms with Crippen LogP contribution in [0.25, 0.3) is 22.2 Å². The first-order valence-electron chi connectivity index (χ1n) is 11.0. The van der Waals surface area contributed by atoms with Gasteiger partial charge < -0.3 is 9.51 Å². The smallest absolute Gasteiger partial charge is 0.205 e. The largest absolute Gasteiger partial charge is 0.361 e. The predicted octanol–water partition coefficient (Wildman–Crippen LogP) is 6.88. The van der Waals surface area contributed by atoms with Gasteiger partial charge in [0.2, 0.25) is 5.54 Å². The van der Waals surface area contributed by atoms with E-state index in [1.807, 2.05) is 50.2 Å². The molecule has 4 heterocycles. The lowest BCUT2D eigenvalue weighted by Gasteiger charge is -2.26. The van der Waals surface area contributed by atoms with Crippen molar-refractivity contribution in [2.45, 2.75) is 38.1 Å². The van der Waals surface area contributed by atoms with Gasteiger partial charge in [-0.25, -0.2) is 4.98 Å². The Morgan fingerprint density at radius 3 is 2.68 bits per heavy atom. The minimum atomic E-state index is -1.43. The summed E-state index contributed by atoms with van der Waals surface area (Å²) in [7, 11) is 0. The van der Waals surface area contributed by atoms with Gasteiger partial charge in [0.1, 0.15) is 11.6 Å². The Balaban J connectivity index is 1.73. The SMILES string of the molecule is Cc1noc(C)c1-c1cc(C(N=O)(c2ccccn2)c2ccc(Cl)s2)c2nc(C3CC3)[nH]c2c1. The molecule has 5 aromatic rings. The van der Waals surface area contributed by atoms with E-state index in [0.29, 0.717) is 37.7 Å². The fourth-order valence-corrected chi connectivity index (χ4v) is 5.82. The minimum absolute atomic E-state index is 0.410. The van der Waals surface area contributed by atoms with Gasteiger partial charge in [-0.2, -0.15) is 0 Å². The molecule has 0 aliphatic heterocycles. The molecular formula is C25H20ClN5O2S. The molecular weight excluding hydrogens is 470 g/mol. The quantitative estimate of drug-likeness (QED) is 0.262. The molecule has 1 N–H and O–H groups in total. The minimum Gasteiger partial charge on any atom is -0.361 e. The maximum absolute atomic E-state index is 13.0. The molecule has 1 fully saturated rings. The molecule has 34 heavy (non-hydrogen) atoms. The lowest BCUT2D eigenvalue weighted by molar-refractivity contribution is 0.393. The number of halogens is 1. The standard InChI is InChI=1S/C25H20ClN5O2S/c1-13-22(14(2)33-30-13)16-11-17(23-18(12-16)28-24(29-23)15-6-7-15)25(31-32,19-5-3-4-10-27-19)20-8-9-21(26)34-20/h3-5,8-12,15H,6-7H2,1-2H3,(H,28,29). The Bertz CT molecular complexity index is 1520. The van der Waals surface area contributed by atoms with Crippen molar-refractivity contribution < 1.29 is 4.52 Å². The summed E-state index contributed by atoms with van der Waals surface area (Å²) in [6, 6.07) is 13.1. The van der Waals surface area contributed by atoms with Gasteiger partial charge in [0.15, 0.2) is 0 Å².